The molecule has 204 valence electrons. The number of thioether (sulfide) groups is 1. The topological polar surface area (TPSA) is 113 Å². The molecule has 1 N–H and O–H groups in total. The Kier molecular flexibility index (Phi) is 8.47. The molecule has 3 heterocycles. The Morgan fingerprint density at radius 1 is 1.22 bits per heavy atom. The number of imide groups is 1. The minimum Gasteiger partial charge on any atom is -0.496 e. The largest absolute Gasteiger partial charge is 0.496 e. The molecule has 0 saturated carbocycles. The number of fused-ring (bicyclic) bond motifs is 3. The lowest BCUT2D eigenvalue weighted by Crippen LogP contribution is -2.54. The lowest BCUT2D eigenvalue weighted by Gasteiger charge is -2.35. The summed E-state index contributed by atoms with van der Waals surface area (Å²) in [5.74, 6) is -3.26. The number of carbonyl (C=O) groups excluding carboxylic acids is 3. The highest BCUT2D eigenvalue weighted by Crippen LogP contribution is 2.59. The molecule has 4 atom stereocenters. The van der Waals surface area contributed by atoms with Crippen molar-refractivity contribution < 1.29 is 46.9 Å². The van der Waals surface area contributed by atoms with E-state index < -0.39 is 35.5 Å². The summed E-state index contributed by atoms with van der Waals surface area (Å²) in [6, 6.07) is 5.62. The molecule has 3 saturated heterocycles. The van der Waals surface area contributed by atoms with Gasteiger partial charge in [0.05, 0.1) is 26.1 Å². The van der Waals surface area contributed by atoms with Crippen molar-refractivity contribution in [2.24, 2.45) is 11.8 Å². The molecule has 0 unspecified atom stereocenters. The number of alkyl halides is 3. The molecule has 0 radical (unpaired) electrons. The minimum absolute atomic E-state index is 0.226. The van der Waals surface area contributed by atoms with Gasteiger partial charge in [-0.15, -0.1) is 11.8 Å². The van der Waals surface area contributed by atoms with Crippen LogP contribution in [0.5, 0.6) is 5.75 Å². The molecular weight excluding hydrogens is 517 g/mol. The lowest BCUT2D eigenvalue weighted by molar-refractivity contribution is -0.192. The fraction of sp³-hybridized carbons (Fsp3) is 0.583. The smallest absolute Gasteiger partial charge is 0.490 e. The third-order valence-corrected chi connectivity index (χ3v) is 8.26. The summed E-state index contributed by atoms with van der Waals surface area (Å²) >= 11 is 1.73. The van der Waals surface area contributed by atoms with Gasteiger partial charge in [0.2, 0.25) is 11.8 Å². The second kappa shape index (κ2) is 10.9. The summed E-state index contributed by atoms with van der Waals surface area (Å²) in [7, 11) is 4.50. The number of hydrogen-bond acceptors (Lipinski definition) is 8. The second-order valence-corrected chi connectivity index (χ2v) is 10.1. The Labute approximate surface area is 216 Å². The molecule has 3 fully saturated rings. The maximum Gasteiger partial charge on any atom is 0.490 e. The van der Waals surface area contributed by atoms with Crippen LogP contribution in [0.4, 0.5) is 13.2 Å². The maximum absolute atomic E-state index is 13.1. The van der Waals surface area contributed by atoms with E-state index >= 15 is 0 Å². The zero-order chi connectivity index (χ0) is 27.7. The molecule has 37 heavy (non-hydrogen) atoms. The quantitative estimate of drug-likeness (QED) is 0.327. The number of benzene rings is 1. The molecule has 0 aromatic heterocycles. The van der Waals surface area contributed by atoms with E-state index in [1.54, 1.807) is 18.9 Å². The highest BCUT2D eigenvalue weighted by molar-refractivity contribution is 7.99. The van der Waals surface area contributed by atoms with E-state index in [4.69, 9.17) is 19.4 Å². The van der Waals surface area contributed by atoms with Crippen molar-refractivity contribution in [3.63, 3.8) is 0 Å². The molecule has 0 bridgehead atoms. The van der Waals surface area contributed by atoms with Crippen LogP contribution in [0.15, 0.2) is 23.1 Å². The van der Waals surface area contributed by atoms with Gasteiger partial charge in [-0.25, -0.2) is 4.79 Å². The summed E-state index contributed by atoms with van der Waals surface area (Å²) in [6.45, 7) is 2.77. The van der Waals surface area contributed by atoms with Gasteiger partial charge in [0.15, 0.2) is 0 Å². The van der Waals surface area contributed by atoms with Crippen molar-refractivity contribution >= 4 is 35.5 Å². The molecule has 1 aromatic carbocycles. The molecule has 2 amide bonds. The van der Waals surface area contributed by atoms with Crippen molar-refractivity contribution in [3.05, 3.63) is 23.8 Å². The SMILES string of the molecule is CCCSc1ccc([C@@H]2[C@@H]3C(=O)N(C)C(=O)[C@@H]3[C@]3(C(=O)OC)CCCN23)cc1OC.O=C(O)C(F)(F)F. The van der Waals surface area contributed by atoms with Gasteiger partial charge in [-0.2, -0.15) is 13.2 Å². The zero-order valence-electron chi connectivity index (χ0n) is 20.8. The van der Waals surface area contributed by atoms with Crippen LogP contribution >= 0.6 is 11.8 Å². The number of amides is 2. The molecule has 9 nitrogen and oxygen atoms in total. The van der Waals surface area contributed by atoms with Crippen LogP contribution in [-0.4, -0.2) is 83.9 Å². The van der Waals surface area contributed by atoms with E-state index in [1.807, 2.05) is 23.1 Å². The fourth-order valence-corrected chi connectivity index (χ4v) is 6.42. The number of ether oxygens (including phenoxy) is 2. The van der Waals surface area contributed by atoms with Crippen molar-refractivity contribution in [1.82, 2.24) is 9.80 Å². The van der Waals surface area contributed by atoms with Gasteiger partial charge in [-0.05, 0) is 49.3 Å². The van der Waals surface area contributed by atoms with Crippen LogP contribution in [0.2, 0.25) is 0 Å². The summed E-state index contributed by atoms with van der Waals surface area (Å²) < 4.78 is 42.5. The third-order valence-electron chi connectivity index (χ3n) is 7.00. The first-order valence-corrected chi connectivity index (χ1v) is 12.6. The number of halogens is 3. The standard InChI is InChI=1S/C22H28N2O5S.C2HF3O2/c1-5-11-30-15-8-7-13(12-14(15)28-3)18-16-17(20(26)23(2)19(16)25)22(21(27)29-4)9-6-10-24(18)22;3-2(4,5)1(6)7/h7-8,12,16-18H,5-6,9-11H2,1-4H3;(H,6,7)/t16-,17-,18-,22+;/m1./s1. The van der Waals surface area contributed by atoms with E-state index in [9.17, 15) is 27.6 Å². The monoisotopic (exact) mass is 546 g/mol. The van der Waals surface area contributed by atoms with Crippen molar-refractivity contribution in [2.45, 2.75) is 48.8 Å². The Bertz CT molecular complexity index is 1080. The molecule has 0 aliphatic carbocycles. The molecule has 13 heteroatoms. The van der Waals surface area contributed by atoms with Crippen molar-refractivity contribution in [3.8, 4) is 5.75 Å². The van der Waals surface area contributed by atoms with Crippen molar-refractivity contribution in [1.29, 1.82) is 0 Å². The zero-order valence-corrected chi connectivity index (χ0v) is 21.6. The average molecular weight is 547 g/mol. The number of carboxylic acids is 1. The third kappa shape index (κ3) is 4.90. The molecule has 3 aliphatic rings. The van der Waals surface area contributed by atoms with Gasteiger partial charge in [0.1, 0.15) is 11.3 Å². The molecule has 0 spiro atoms. The number of carboxylic acid groups (broad SMARTS) is 1. The normalized spacial score (nSPS) is 26.9. The van der Waals surface area contributed by atoms with Crippen LogP contribution in [0.3, 0.4) is 0 Å². The number of likely N-dealkylation sites (tertiary alicyclic amines) is 1. The highest BCUT2D eigenvalue weighted by Gasteiger charge is 2.73. The number of esters is 1. The molecule has 4 rings (SSSR count). The van der Waals surface area contributed by atoms with Gasteiger partial charge < -0.3 is 14.6 Å². The minimum atomic E-state index is -5.08. The number of hydrogen-bond donors (Lipinski definition) is 1. The predicted octanol–water partition coefficient (Wildman–Crippen LogP) is 3.12. The first-order chi connectivity index (χ1) is 17.4. The summed E-state index contributed by atoms with van der Waals surface area (Å²) in [5.41, 5.74) is -0.184. The number of rotatable bonds is 6. The maximum atomic E-state index is 13.1. The highest BCUT2D eigenvalue weighted by atomic mass is 32.2. The van der Waals surface area contributed by atoms with Crippen molar-refractivity contribution in [2.75, 3.05) is 33.6 Å². The van der Waals surface area contributed by atoms with E-state index in [0.717, 1.165) is 34.8 Å². The number of aliphatic carboxylic acids is 1. The van der Waals surface area contributed by atoms with Crippen LogP contribution in [0.25, 0.3) is 0 Å². The van der Waals surface area contributed by atoms with Gasteiger partial charge >= 0.3 is 18.1 Å². The number of carbonyl (C=O) groups is 4. The first-order valence-electron chi connectivity index (χ1n) is 11.6. The first kappa shape index (κ1) is 28.8. The lowest BCUT2D eigenvalue weighted by atomic mass is 9.77. The fourth-order valence-electron chi connectivity index (χ4n) is 5.54. The summed E-state index contributed by atoms with van der Waals surface area (Å²) in [4.78, 5) is 52.4. The molecular formula is C24H29F3N2O7S. The Morgan fingerprint density at radius 3 is 2.41 bits per heavy atom. The molecule has 3 aliphatic heterocycles. The Hall–Kier alpha value is -2.80. The van der Waals surface area contributed by atoms with Crippen LogP contribution in [0, 0.1) is 11.8 Å². The number of methoxy groups -OCH3 is 2. The number of nitrogens with zero attached hydrogens (tertiary/aromatic N) is 2. The van der Waals surface area contributed by atoms with E-state index in [2.05, 4.69) is 6.92 Å². The predicted molar refractivity (Wildman–Crippen MR) is 126 cm³/mol. The van der Waals surface area contributed by atoms with Crippen LogP contribution < -0.4 is 4.74 Å². The Morgan fingerprint density at radius 2 is 1.86 bits per heavy atom. The van der Waals surface area contributed by atoms with Gasteiger partial charge in [-0.3, -0.25) is 24.2 Å². The second-order valence-electron chi connectivity index (χ2n) is 8.96. The average Bonchev–Trinajstić information content (AvgIpc) is 3.47. The molecule has 1 aromatic rings. The Balaban J connectivity index is 0.000000479. The van der Waals surface area contributed by atoms with E-state index in [1.165, 1.54) is 19.1 Å². The van der Waals surface area contributed by atoms with E-state index in [-0.39, 0.29) is 17.9 Å². The van der Waals surface area contributed by atoms with E-state index in [0.29, 0.717) is 13.0 Å². The summed E-state index contributed by atoms with van der Waals surface area (Å²) in [5, 5.41) is 7.12. The van der Waals surface area contributed by atoms with Gasteiger partial charge in [-0.1, -0.05) is 13.0 Å². The van der Waals surface area contributed by atoms with Crippen LogP contribution in [-0.2, 0) is 23.9 Å². The van der Waals surface area contributed by atoms with Crippen LogP contribution in [0.1, 0.15) is 37.8 Å². The summed E-state index contributed by atoms with van der Waals surface area (Å²) in [6.07, 6.45) is -2.73. The van der Waals surface area contributed by atoms with Gasteiger partial charge in [0.25, 0.3) is 0 Å². The van der Waals surface area contributed by atoms with Gasteiger partial charge in [0, 0.05) is 18.0 Å².